The average Bonchev–Trinajstić information content (AvgIpc) is 2.43. The van der Waals surface area contributed by atoms with Crippen molar-refractivity contribution >= 4 is 23.2 Å². The lowest BCUT2D eigenvalue weighted by Crippen LogP contribution is -2.34. The van der Waals surface area contributed by atoms with Gasteiger partial charge in [-0.25, -0.2) is 0 Å². The van der Waals surface area contributed by atoms with Gasteiger partial charge in [-0.1, -0.05) is 31.5 Å². The lowest BCUT2D eigenvalue weighted by atomic mass is 10.1. The minimum atomic E-state index is -0.536. The maximum absolute atomic E-state index is 12.0. The molecular formula is C12H15ClN2O. The standard InChI is InChI=1S/C12H15ClN2O/c1-7(2)6-15-10-5-8(13)3-4-9(10)11(14)12(15)16/h3-5,7,11H,6,14H2,1-2H3. The van der Waals surface area contributed by atoms with E-state index >= 15 is 0 Å². The molecule has 2 rings (SSSR count). The summed E-state index contributed by atoms with van der Waals surface area (Å²) in [5, 5.41) is 0.634. The van der Waals surface area contributed by atoms with Gasteiger partial charge in [0.2, 0.25) is 5.91 Å². The van der Waals surface area contributed by atoms with E-state index < -0.39 is 6.04 Å². The van der Waals surface area contributed by atoms with Crippen LogP contribution in [0.4, 0.5) is 5.69 Å². The molecule has 0 saturated heterocycles. The summed E-state index contributed by atoms with van der Waals surface area (Å²) < 4.78 is 0. The van der Waals surface area contributed by atoms with Crippen LogP contribution in [0.2, 0.25) is 5.02 Å². The first kappa shape index (κ1) is 11.4. The number of halogens is 1. The first-order valence-corrected chi connectivity index (χ1v) is 5.75. The molecule has 0 bridgehead atoms. The molecule has 1 aliphatic heterocycles. The van der Waals surface area contributed by atoms with Crippen LogP contribution in [0.25, 0.3) is 0 Å². The summed E-state index contributed by atoms with van der Waals surface area (Å²) in [5.41, 5.74) is 7.60. The molecule has 1 heterocycles. The third-order valence-corrected chi connectivity index (χ3v) is 2.93. The molecule has 16 heavy (non-hydrogen) atoms. The summed E-state index contributed by atoms with van der Waals surface area (Å²) in [6.45, 7) is 4.82. The first-order chi connectivity index (χ1) is 7.50. The number of anilines is 1. The fraction of sp³-hybridized carbons (Fsp3) is 0.417. The summed E-state index contributed by atoms with van der Waals surface area (Å²) in [5.74, 6) is 0.368. The van der Waals surface area contributed by atoms with Gasteiger partial charge in [0.05, 0.1) is 5.69 Å². The summed E-state index contributed by atoms with van der Waals surface area (Å²) >= 11 is 5.94. The highest BCUT2D eigenvalue weighted by Crippen LogP contribution is 2.36. The Balaban J connectivity index is 2.43. The van der Waals surface area contributed by atoms with E-state index in [9.17, 15) is 4.79 Å². The van der Waals surface area contributed by atoms with Gasteiger partial charge in [-0.2, -0.15) is 0 Å². The monoisotopic (exact) mass is 238 g/mol. The van der Waals surface area contributed by atoms with Gasteiger partial charge in [0.25, 0.3) is 0 Å². The average molecular weight is 239 g/mol. The number of hydrogen-bond acceptors (Lipinski definition) is 2. The van der Waals surface area contributed by atoms with Crippen LogP contribution < -0.4 is 10.6 Å². The summed E-state index contributed by atoms with van der Waals surface area (Å²) in [7, 11) is 0. The van der Waals surface area contributed by atoms with Crippen LogP contribution in [0.5, 0.6) is 0 Å². The van der Waals surface area contributed by atoms with E-state index in [0.29, 0.717) is 17.5 Å². The van der Waals surface area contributed by atoms with E-state index in [1.807, 2.05) is 12.1 Å². The van der Waals surface area contributed by atoms with Gasteiger partial charge >= 0.3 is 0 Å². The van der Waals surface area contributed by atoms with Crippen LogP contribution in [0.3, 0.4) is 0 Å². The number of carbonyl (C=O) groups excluding carboxylic acids is 1. The molecule has 0 radical (unpaired) electrons. The van der Waals surface area contributed by atoms with Crippen LogP contribution in [0.15, 0.2) is 18.2 Å². The highest BCUT2D eigenvalue weighted by Gasteiger charge is 2.34. The lowest BCUT2D eigenvalue weighted by Gasteiger charge is -2.19. The number of benzene rings is 1. The van der Waals surface area contributed by atoms with Gasteiger partial charge in [0.1, 0.15) is 6.04 Å². The van der Waals surface area contributed by atoms with Gasteiger partial charge in [-0.3, -0.25) is 4.79 Å². The molecule has 1 aliphatic rings. The topological polar surface area (TPSA) is 46.3 Å². The Morgan fingerprint density at radius 1 is 1.50 bits per heavy atom. The zero-order chi connectivity index (χ0) is 11.9. The molecule has 0 spiro atoms. The fourth-order valence-corrected chi connectivity index (χ4v) is 2.15. The second kappa shape index (κ2) is 4.07. The lowest BCUT2D eigenvalue weighted by molar-refractivity contribution is -0.119. The van der Waals surface area contributed by atoms with E-state index in [-0.39, 0.29) is 5.91 Å². The van der Waals surface area contributed by atoms with Gasteiger partial charge in [0, 0.05) is 17.1 Å². The quantitative estimate of drug-likeness (QED) is 0.860. The van der Waals surface area contributed by atoms with Gasteiger partial charge < -0.3 is 10.6 Å². The first-order valence-electron chi connectivity index (χ1n) is 5.37. The zero-order valence-electron chi connectivity index (χ0n) is 9.40. The Morgan fingerprint density at radius 3 is 2.81 bits per heavy atom. The van der Waals surface area contributed by atoms with Crippen molar-refractivity contribution in [2.75, 3.05) is 11.4 Å². The molecule has 1 aromatic carbocycles. The van der Waals surface area contributed by atoms with Gasteiger partial charge in [0.15, 0.2) is 0 Å². The highest BCUT2D eigenvalue weighted by atomic mass is 35.5. The molecule has 0 aromatic heterocycles. The third kappa shape index (κ3) is 1.81. The van der Waals surface area contributed by atoms with E-state index in [2.05, 4.69) is 13.8 Å². The molecular weight excluding hydrogens is 224 g/mol. The number of nitrogens with zero attached hydrogens (tertiary/aromatic N) is 1. The van der Waals surface area contributed by atoms with Crippen LogP contribution in [-0.4, -0.2) is 12.5 Å². The van der Waals surface area contributed by atoms with Crippen LogP contribution in [-0.2, 0) is 4.79 Å². The molecule has 86 valence electrons. The second-order valence-electron chi connectivity index (χ2n) is 4.52. The number of hydrogen-bond donors (Lipinski definition) is 1. The van der Waals surface area contributed by atoms with Crippen molar-refractivity contribution in [2.24, 2.45) is 11.7 Å². The Bertz CT molecular complexity index is 431. The van der Waals surface area contributed by atoms with Crippen LogP contribution >= 0.6 is 11.6 Å². The molecule has 1 amide bonds. The van der Waals surface area contributed by atoms with E-state index in [0.717, 1.165) is 11.3 Å². The molecule has 2 N–H and O–H groups in total. The van der Waals surface area contributed by atoms with E-state index in [1.165, 1.54) is 0 Å². The molecule has 0 fully saturated rings. The molecule has 1 atom stereocenters. The van der Waals surface area contributed by atoms with Crippen molar-refractivity contribution in [1.29, 1.82) is 0 Å². The molecule has 0 aliphatic carbocycles. The normalized spacial score (nSPS) is 19.4. The summed E-state index contributed by atoms with van der Waals surface area (Å²) in [6.07, 6.45) is 0. The molecule has 0 saturated carbocycles. The Morgan fingerprint density at radius 2 is 2.19 bits per heavy atom. The molecule has 3 nitrogen and oxygen atoms in total. The molecule has 1 aromatic rings. The predicted octanol–water partition coefficient (Wildman–Crippen LogP) is 2.34. The Labute approximate surface area is 100 Å². The Hall–Kier alpha value is -1.06. The van der Waals surface area contributed by atoms with Crippen molar-refractivity contribution in [3.8, 4) is 0 Å². The maximum atomic E-state index is 12.0. The van der Waals surface area contributed by atoms with Gasteiger partial charge in [-0.15, -0.1) is 0 Å². The van der Waals surface area contributed by atoms with Crippen molar-refractivity contribution in [1.82, 2.24) is 0 Å². The van der Waals surface area contributed by atoms with Crippen LogP contribution in [0.1, 0.15) is 25.5 Å². The smallest absolute Gasteiger partial charge is 0.248 e. The van der Waals surface area contributed by atoms with Crippen LogP contribution in [0, 0.1) is 5.92 Å². The number of rotatable bonds is 2. The fourth-order valence-electron chi connectivity index (χ4n) is 1.99. The molecule has 1 unspecified atom stereocenters. The molecule has 4 heteroatoms. The van der Waals surface area contributed by atoms with Crippen molar-refractivity contribution in [3.63, 3.8) is 0 Å². The highest BCUT2D eigenvalue weighted by molar-refractivity contribution is 6.31. The second-order valence-corrected chi connectivity index (χ2v) is 4.96. The van der Waals surface area contributed by atoms with E-state index in [4.69, 9.17) is 17.3 Å². The summed E-state index contributed by atoms with van der Waals surface area (Å²) in [4.78, 5) is 13.7. The number of carbonyl (C=O) groups is 1. The predicted molar refractivity (Wildman–Crippen MR) is 65.6 cm³/mol. The number of amides is 1. The maximum Gasteiger partial charge on any atom is 0.248 e. The van der Waals surface area contributed by atoms with Crippen molar-refractivity contribution in [2.45, 2.75) is 19.9 Å². The number of nitrogens with two attached hydrogens (primary N) is 1. The van der Waals surface area contributed by atoms with Gasteiger partial charge in [-0.05, 0) is 18.1 Å². The SMILES string of the molecule is CC(C)CN1C(=O)C(N)c2ccc(Cl)cc21. The number of fused-ring (bicyclic) bond motifs is 1. The minimum absolute atomic E-state index is 0.0361. The largest absolute Gasteiger partial charge is 0.316 e. The Kier molecular flexibility index (Phi) is 2.91. The van der Waals surface area contributed by atoms with E-state index in [1.54, 1.807) is 11.0 Å². The van der Waals surface area contributed by atoms with Crippen molar-refractivity contribution in [3.05, 3.63) is 28.8 Å². The minimum Gasteiger partial charge on any atom is -0.316 e. The van der Waals surface area contributed by atoms with Crippen molar-refractivity contribution < 1.29 is 4.79 Å². The summed E-state index contributed by atoms with van der Waals surface area (Å²) in [6, 6.07) is 4.88. The third-order valence-electron chi connectivity index (χ3n) is 2.70. The zero-order valence-corrected chi connectivity index (χ0v) is 10.2.